The van der Waals surface area contributed by atoms with Crippen LogP contribution < -0.4 is 0 Å². The van der Waals surface area contributed by atoms with E-state index < -0.39 is 28.7 Å². The van der Waals surface area contributed by atoms with E-state index in [1.165, 1.54) is 6.92 Å². The van der Waals surface area contributed by atoms with E-state index in [0.29, 0.717) is 0 Å². The molecule has 1 fully saturated rings. The van der Waals surface area contributed by atoms with E-state index in [1.807, 2.05) is 11.5 Å². The zero-order valence-electron chi connectivity index (χ0n) is 18.8. The molecular weight excluding hydrogens is 362 g/mol. The number of rotatable bonds is 5. The second-order valence-electron chi connectivity index (χ2n) is 10.6. The molecule has 26 heavy (non-hydrogen) atoms. The molecule has 1 aliphatic heterocycles. The van der Waals surface area contributed by atoms with Gasteiger partial charge in [-0.15, -0.1) is 0 Å². The Balaban J connectivity index is 3.13. The Bertz CT molecular complexity index is 561. The fourth-order valence-electron chi connectivity index (χ4n) is 2.88. The van der Waals surface area contributed by atoms with E-state index in [4.69, 9.17) is 9.16 Å². The molecule has 3 atom stereocenters. The van der Waals surface area contributed by atoms with E-state index in [2.05, 4.69) is 67.7 Å². The molecule has 5 nitrogen and oxygen atoms in total. The van der Waals surface area contributed by atoms with Crippen LogP contribution in [0.15, 0.2) is 0 Å². The van der Waals surface area contributed by atoms with Crippen molar-refractivity contribution in [3.05, 3.63) is 0 Å². The third-order valence-electron chi connectivity index (χ3n) is 6.60. The Morgan fingerprint density at radius 2 is 1.50 bits per heavy atom. The average molecular weight is 402 g/mol. The second-order valence-corrected chi connectivity index (χ2v) is 20.5. The van der Waals surface area contributed by atoms with Crippen molar-refractivity contribution in [2.24, 2.45) is 5.92 Å². The molecule has 0 bridgehead atoms. The Kier molecular flexibility index (Phi) is 6.34. The van der Waals surface area contributed by atoms with Crippen LogP contribution in [0.1, 0.15) is 55.4 Å². The molecule has 0 N–H and O–H groups in total. The van der Waals surface area contributed by atoms with E-state index in [-0.39, 0.29) is 28.1 Å². The maximum absolute atomic E-state index is 13.1. The van der Waals surface area contributed by atoms with Crippen LogP contribution in [0, 0.1) is 5.92 Å². The lowest BCUT2D eigenvalue weighted by atomic mass is 9.93. The van der Waals surface area contributed by atoms with Gasteiger partial charge in [-0.25, -0.2) is 0 Å². The fraction of sp³-hybridized carbons (Fsp3) is 0.895. The third-order valence-corrected chi connectivity index (χ3v) is 16.5. The van der Waals surface area contributed by atoms with Crippen LogP contribution in [-0.4, -0.2) is 45.3 Å². The lowest BCUT2D eigenvalue weighted by molar-refractivity contribution is -0.193. The number of carbonyl (C=O) groups excluding carboxylic acids is 2. The number of carbonyl (C=O) groups is 2. The number of hydrogen-bond donors (Lipinski definition) is 0. The van der Waals surface area contributed by atoms with Crippen LogP contribution in [0.3, 0.4) is 0 Å². The number of hydrogen-bond acceptors (Lipinski definition) is 4. The molecule has 1 rings (SSSR count). The van der Waals surface area contributed by atoms with Crippen LogP contribution in [0.4, 0.5) is 0 Å². The van der Waals surface area contributed by atoms with Crippen LogP contribution in [-0.2, 0) is 18.8 Å². The predicted molar refractivity (Wildman–Crippen MR) is 111 cm³/mol. The van der Waals surface area contributed by atoms with Crippen LogP contribution >= 0.6 is 0 Å². The van der Waals surface area contributed by atoms with Gasteiger partial charge in [-0.1, -0.05) is 54.6 Å². The van der Waals surface area contributed by atoms with Crippen LogP contribution in [0.25, 0.3) is 0 Å². The maximum atomic E-state index is 13.1. The molecule has 0 spiro atoms. The minimum Gasteiger partial charge on any atom is -0.441 e. The molecule has 0 unspecified atom stereocenters. The SMILES string of the molecule is CC(=O)O[C@@H]1[C@H]([C@@H](C)O[Si](C)(C)C(C)(C)C)C(=O)N1[Si](C)(C)C(C)(C)C. The highest BCUT2D eigenvalue weighted by Gasteiger charge is 2.61. The number of amides is 1. The summed E-state index contributed by atoms with van der Waals surface area (Å²) in [5, 5.41) is 0.0413. The van der Waals surface area contributed by atoms with Crippen LogP contribution in [0.5, 0.6) is 0 Å². The Morgan fingerprint density at radius 1 is 1.04 bits per heavy atom. The summed E-state index contributed by atoms with van der Waals surface area (Å²) in [4.78, 5) is 24.8. The largest absolute Gasteiger partial charge is 0.441 e. The minimum absolute atomic E-state index is 0.0183. The summed E-state index contributed by atoms with van der Waals surface area (Å²) in [6, 6.07) is 0. The Morgan fingerprint density at radius 3 is 1.85 bits per heavy atom. The van der Waals surface area contributed by atoms with Crippen molar-refractivity contribution in [3.8, 4) is 0 Å². The molecule has 1 amide bonds. The zero-order chi connectivity index (χ0) is 20.9. The van der Waals surface area contributed by atoms with Gasteiger partial charge in [0.2, 0.25) is 5.91 Å². The smallest absolute Gasteiger partial charge is 0.304 e. The molecule has 152 valence electrons. The van der Waals surface area contributed by atoms with Crippen LogP contribution in [0.2, 0.25) is 36.3 Å². The molecule has 0 aliphatic carbocycles. The summed E-state index contributed by atoms with van der Waals surface area (Å²) >= 11 is 0. The summed E-state index contributed by atoms with van der Waals surface area (Å²) in [6.07, 6.45) is -0.783. The van der Waals surface area contributed by atoms with Gasteiger partial charge >= 0.3 is 5.97 Å². The standard InChI is InChI=1S/C19H39NO4Si2/c1-13(24-26(11,12)19(6,7)8)15-16(22)20(17(15)23-14(2)21)25(9,10)18(3,4)5/h13,15,17H,1-12H3/t13-,15-,17-/m1/s1. The first-order chi connectivity index (χ1) is 11.3. The second kappa shape index (κ2) is 7.06. The molecule has 0 aromatic carbocycles. The van der Waals surface area contributed by atoms with Gasteiger partial charge in [0.15, 0.2) is 22.8 Å². The highest BCUT2D eigenvalue weighted by Crippen LogP contribution is 2.47. The summed E-state index contributed by atoms with van der Waals surface area (Å²) < 4.78 is 13.9. The van der Waals surface area contributed by atoms with Crippen molar-refractivity contribution in [2.45, 2.75) is 104 Å². The quantitative estimate of drug-likeness (QED) is 0.379. The molecule has 1 aliphatic rings. The van der Waals surface area contributed by atoms with Gasteiger partial charge < -0.3 is 13.7 Å². The minimum atomic E-state index is -2.14. The molecule has 7 heteroatoms. The van der Waals surface area contributed by atoms with Gasteiger partial charge in [0.1, 0.15) is 5.92 Å². The first-order valence-electron chi connectivity index (χ1n) is 9.53. The lowest BCUT2D eigenvalue weighted by Gasteiger charge is -2.58. The van der Waals surface area contributed by atoms with E-state index in [0.717, 1.165) is 0 Å². The third kappa shape index (κ3) is 4.25. The summed E-state index contributed by atoms with van der Waals surface area (Å²) in [6.45, 7) is 25.0. The van der Waals surface area contributed by atoms with Gasteiger partial charge in [0.05, 0.1) is 6.10 Å². The fourth-order valence-corrected chi connectivity index (χ4v) is 6.59. The molecule has 0 aromatic rings. The van der Waals surface area contributed by atoms with Gasteiger partial charge in [0.25, 0.3) is 0 Å². The topological polar surface area (TPSA) is 55.8 Å². The van der Waals surface area contributed by atoms with Crippen molar-refractivity contribution in [3.63, 3.8) is 0 Å². The lowest BCUT2D eigenvalue weighted by Crippen LogP contribution is -2.75. The van der Waals surface area contributed by atoms with Crippen molar-refractivity contribution in [1.82, 2.24) is 4.57 Å². The average Bonchev–Trinajstić information content (AvgIpc) is 2.33. The molecule has 1 heterocycles. The number of esters is 1. The predicted octanol–water partition coefficient (Wildman–Crippen LogP) is 4.75. The number of β-lactam (4-membered cyclic amide) rings is 1. The first kappa shape index (κ1) is 23.4. The monoisotopic (exact) mass is 401 g/mol. The molecular formula is C19H39NO4Si2. The molecule has 0 radical (unpaired) electrons. The molecule has 0 saturated carbocycles. The van der Waals surface area contributed by atoms with E-state index in [1.54, 1.807) is 0 Å². The van der Waals surface area contributed by atoms with Crippen molar-refractivity contribution < 1.29 is 18.8 Å². The maximum Gasteiger partial charge on any atom is 0.304 e. The van der Waals surface area contributed by atoms with E-state index in [9.17, 15) is 9.59 Å². The van der Waals surface area contributed by atoms with E-state index >= 15 is 0 Å². The summed E-state index contributed by atoms with van der Waals surface area (Å²) in [5.41, 5.74) is 0. The van der Waals surface area contributed by atoms with Gasteiger partial charge in [0, 0.05) is 6.92 Å². The van der Waals surface area contributed by atoms with Crippen molar-refractivity contribution >= 4 is 28.4 Å². The summed E-state index contributed by atoms with van der Waals surface area (Å²) in [5.74, 6) is -0.702. The number of nitrogens with zero attached hydrogens (tertiary/aromatic N) is 1. The Labute approximate surface area is 162 Å². The van der Waals surface area contributed by atoms with Gasteiger partial charge in [-0.05, 0) is 30.1 Å². The first-order valence-corrected chi connectivity index (χ1v) is 15.4. The highest BCUT2D eigenvalue weighted by molar-refractivity contribution is 6.80. The van der Waals surface area contributed by atoms with Gasteiger partial charge in [-0.2, -0.15) is 0 Å². The zero-order valence-corrected chi connectivity index (χ0v) is 20.8. The highest BCUT2D eigenvalue weighted by atomic mass is 28.4. The van der Waals surface area contributed by atoms with Gasteiger partial charge in [-0.3, -0.25) is 9.59 Å². The molecule has 0 aromatic heterocycles. The number of ether oxygens (including phenoxy) is 1. The molecule has 1 saturated heterocycles. The van der Waals surface area contributed by atoms with Crippen molar-refractivity contribution in [1.29, 1.82) is 0 Å². The van der Waals surface area contributed by atoms with Crippen molar-refractivity contribution in [2.75, 3.05) is 0 Å². The normalized spacial score (nSPS) is 23.5. The Hall–Kier alpha value is -0.666. The summed E-state index contributed by atoms with van der Waals surface area (Å²) in [7, 11) is -4.15.